The van der Waals surface area contributed by atoms with Crippen molar-refractivity contribution in [3.8, 4) is 0 Å². The van der Waals surface area contributed by atoms with E-state index in [1.165, 1.54) is 0 Å². The minimum absolute atomic E-state index is 0.0190. The summed E-state index contributed by atoms with van der Waals surface area (Å²) < 4.78 is 25.9. The second-order valence-electron chi connectivity index (χ2n) is 18.3. The van der Waals surface area contributed by atoms with E-state index in [9.17, 15) is 20.1 Å². The number of fused-ring (bicyclic) bond motifs is 6. The third kappa shape index (κ3) is 3.32. The van der Waals surface area contributed by atoms with Crippen LogP contribution in [0.1, 0.15) is 106 Å². The molecule has 8 rings (SSSR count). The van der Waals surface area contributed by atoms with E-state index in [1.807, 2.05) is 0 Å². The monoisotopic (exact) mass is 602 g/mol. The van der Waals surface area contributed by atoms with Gasteiger partial charge in [0, 0.05) is 11.3 Å². The van der Waals surface area contributed by atoms with E-state index < -0.39 is 30.2 Å². The Labute approximate surface area is 256 Å². The van der Waals surface area contributed by atoms with Gasteiger partial charge in [-0.15, -0.1) is 0 Å². The highest BCUT2D eigenvalue weighted by Gasteiger charge is 2.89. The zero-order valence-corrected chi connectivity index (χ0v) is 27.2. The number of hydrogen-bond donors (Lipinski definition) is 3. The maximum atomic E-state index is 13.9. The third-order valence-electron chi connectivity index (χ3n) is 15.9. The number of aliphatic hydroxyl groups is 3. The Morgan fingerprint density at radius 1 is 0.837 bits per heavy atom. The molecule has 0 amide bonds. The van der Waals surface area contributed by atoms with Gasteiger partial charge in [-0.25, -0.2) is 0 Å². The fourth-order valence-corrected chi connectivity index (χ4v) is 13.4. The van der Waals surface area contributed by atoms with E-state index in [-0.39, 0.29) is 69.3 Å². The number of hydrogen-bond acceptors (Lipinski definition) is 8. The van der Waals surface area contributed by atoms with Crippen molar-refractivity contribution in [1.29, 1.82) is 0 Å². The maximum absolute atomic E-state index is 13.9. The molecular formula is C35H54O8. The summed E-state index contributed by atoms with van der Waals surface area (Å²) in [4.78, 5) is 13.9. The van der Waals surface area contributed by atoms with Crippen LogP contribution in [0.3, 0.4) is 0 Å². The standard InChI is InChI=1S/C35H54O8/c1-29(2)12-14-34-15-13-33(7)32(6)11-8-19-30(3,4)21(41-27-23(38)22(37)18(36)17-40-27)9-10-31(19,5)25(32)24-26(42-24)35(33,20(34)16-29)43-28(34)39/h18-27,36-38H,8-17H2,1-7H3/t18-,19+,20-,21+,22+,23-,24+,25-,26+,27+,31+,32-,33+,34+,35-/m1/s1. The van der Waals surface area contributed by atoms with Crippen LogP contribution < -0.4 is 0 Å². The average Bonchev–Trinajstić information content (AvgIpc) is 3.68. The number of aliphatic hydroxyl groups excluding tert-OH is 3. The molecule has 0 unspecified atom stereocenters. The Kier molecular flexibility index (Phi) is 5.90. The molecule has 43 heavy (non-hydrogen) atoms. The van der Waals surface area contributed by atoms with E-state index in [0.717, 1.165) is 57.8 Å². The summed E-state index contributed by atoms with van der Waals surface area (Å²) in [6.45, 7) is 16.8. The van der Waals surface area contributed by atoms with Gasteiger partial charge in [0.05, 0.1) is 24.2 Å². The van der Waals surface area contributed by atoms with Crippen molar-refractivity contribution < 1.29 is 39.1 Å². The molecule has 15 atom stereocenters. The van der Waals surface area contributed by atoms with Gasteiger partial charge in [-0.3, -0.25) is 4.79 Å². The zero-order chi connectivity index (χ0) is 30.8. The summed E-state index contributed by atoms with van der Waals surface area (Å²) in [5.41, 5.74) is -1.03. The Morgan fingerprint density at radius 3 is 2.30 bits per heavy atom. The molecule has 0 radical (unpaired) electrons. The highest BCUT2D eigenvalue weighted by atomic mass is 16.7. The summed E-state index contributed by atoms with van der Waals surface area (Å²) in [7, 11) is 0. The van der Waals surface area contributed by atoms with Crippen LogP contribution in [0.2, 0.25) is 0 Å². The first kappa shape index (κ1) is 29.6. The quantitative estimate of drug-likeness (QED) is 0.243. The number of rotatable bonds is 2. The lowest BCUT2D eigenvalue weighted by atomic mass is 9.31. The molecular weight excluding hydrogens is 548 g/mol. The molecule has 0 aromatic carbocycles. The van der Waals surface area contributed by atoms with Crippen LogP contribution >= 0.6 is 0 Å². The van der Waals surface area contributed by atoms with Crippen molar-refractivity contribution in [3.05, 3.63) is 0 Å². The number of epoxide rings is 1. The van der Waals surface area contributed by atoms with Crippen molar-refractivity contribution in [1.82, 2.24) is 0 Å². The van der Waals surface area contributed by atoms with Gasteiger partial charge in [0.15, 0.2) is 11.9 Å². The van der Waals surface area contributed by atoms with Gasteiger partial charge >= 0.3 is 5.97 Å². The molecule has 0 aromatic heterocycles. The van der Waals surface area contributed by atoms with Gasteiger partial charge in [-0.1, -0.05) is 48.5 Å². The van der Waals surface area contributed by atoms with Gasteiger partial charge in [-0.05, 0) is 91.3 Å². The molecule has 2 bridgehead atoms. The molecule has 3 N–H and O–H groups in total. The van der Waals surface area contributed by atoms with Crippen LogP contribution in [0.25, 0.3) is 0 Å². The summed E-state index contributed by atoms with van der Waals surface area (Å²) >= 11 is 0. The predicted molar refractivity (Wildman–Crippen MR) is 156 cm³/mol. The van der Waals surface area contributed by atoms with Crippen molar-refractivity contribution in [2.75, 3.05) is 6.61 Å². The predicted octanol–water partition coefficient (Wildman–Crippen LogP) is 4.36. The summed E-state index contributed by atoms with van der Waals surface area (Å²) in [6, 6.07) is 0. The average molecular weight is 603 g/mol. The minimum Gasteiger partial charge on any atom is -0.455 e. The highest BCUT2D eigenvalue weighted by molar-refractivity contribution is 5.82. The van der Waals surface area contributed by atoms with Crippen LogP contribution in [0.15, 0.2) is 0 Å². The van der Waals surface area contributed by atoms with Gasteiger partial charge < -0.3 is 34.3 Å². The fourth-order valence-electron chi connectivity index (χ4n) is 13.4. The van der Waals surface area contributed by atoms with Gasteiger partial charge in [0.25, 0.3) is 0 Å². The molecule has 8 aliphatic rings. The van der Waals surface area contributed by atoms with Crippen LogP contribution in [0.4, 0.5) is 0 Å². The molecule has 3 saturated heterocycles. The van der Waals surface area contributed by atoms with E-state index in [0.29, 0.717) is 11.8 Å². The van der Waals surface area contributed by atoms with Crippen LogP contribution in [-0.2, 0) is 23.7 Å². The Balaban J connectivity index is 1.13. The summed E-state index contributed by atoms with van der Waals surface area (Å²) in [5.74, 6) is 1.02. The highest BCUT2D eigenvalue weighted by Crippen LogP contribution is 2.83. The molecule has 8 fully saturated rings. The first-order chi connectivity index (χ1) is 20.0. The summed E-state index contributed by atoms with van der Waals surface area (Å²) in [6.07, 6.45) is 4.27. The minimum atomic E-state index is -1.28. The van der Waals surface area contributed by atoms with Crippen LogP contribution in [-0.4, -0.2) is 76.4 Å². The van der Waals surface area contributed by atoms with Crippen LogP contribution in [0.5, 0.6) is 0 Å². The largest absolute Gasteiger partial charge is 0.455 e. The normalized spacial score (nSPS) is 60.8. The second-order valence-corrected chi connectivity index (χ2v) is 18.3. The zero-order valence-electron chi connectivity index (χ0n) is 27.2. The van der Waals surface area contributed by atoms with Crippen molar-refractivity contribution in [2.24, 2.45) is 50.2 Å². The van der Waals surface area contributed by atoms with Gasteiger partial charge in [0.2, 0.25) is 0 Å². The molecule has 1 spiro atoms. The molecule has 3 heterocycles. The van der Waals surface area contributed by atoms with E-state index in [2.05, 4.69) is 48.5 Å². The van der Waals surface area contributed by atoms with Gasteiger partial charge in [-0.2, -0.15) is 0 Å². The lowest BCUT2D eigenvalue weighted by Gasteiger charge is -2.72. The Morgan fingerprint density at radius 2 is 1.56 bits per heavy atom. The Hall–Kier alpha value is -0.770. The molecule has 3 aliphatic heterocycles. The molecule has 242 valence electrons. The van der Waals surface area contributed by atoms with Crippen molar-refractivity contribution in [2.45, 2.75) is 155 Å². The van der Waals surface area contributed by atoms with E-state index >= 15 is 0 Å². The number of carbonyl (C=O) groups is 1. The number of carbonyl (C=O) groups excluding carboxylic acids is 1. The number of esters is 1. The first-order valence-electron chi connectivity index (χ1n) is 17.2. The topological polar surface area (TPSA) is 118 Å². The molecule has 8 heteroatoms. The van der Waals surface area contributed by atoms with Crippen molar-refractivity contribution >= 4 is 5.97 Å². The van der Waals surface area contributed by atoms with E-state index in [4.69, 9.17) is 18.9 Å². The van der Waals surface area contributed by atoms with Crippen LogP contribution in [0, 0.1) is 50.2 Å². The molecule has 0 aromatic rings. The smallest absolute Gasteiger partial charge is 0.313 e. The van der Waals surface area contributed by atoms with E-state index in [1.54, 1.807) is 0 Å². The molecule has 8 nitrogen and oxygen atoms in total. The molecule has 5 aliphatic carbocycles. The lowest BCUT2D eigenvalue weighted by molar-refractivity contribution is -0.314. The molecule has 5 saturated carbocycles. The third-order valence-corrected chi connectivity index (χ3v) is 15.9. The lowest BCUT2D eigenvalue weighted by Crippen LogP contribution is -2.75. The van der Waals surface area contributed by atoms with Gasteiger partial charge in [0.1, 0.15) is 24.4 Å². The van der Waals surface area contributed by atoms with Crippen molar-refractivity contribution in [3.63, 3.8) is 0 Å². The number of ether oxygens (including phenoxy) is 4. The Bertz CT molecular complexity index is 1220. The maximum Gasteiger partial charge on any atom is 0.313 e. The second kappa shape index (κ2) is 8.57. The summed E-state index contributed by atoms with van der Waals surface area (Å²) in [5, 5.41) is 30.8. The fraction of sp³-hybridized carbons (Fsp3) is 0.971. The first-order valence-corrected chi connectivity index (χ1v) is 17.2. The SMILES string of the molecule is CC1(C)CC[C@@]23CC[C@]4(C)[C@@](OC2=O)([C@@H]3C1)[C@H]1O[C@H]1[C@@H]1[C@@]2(C)CC[C@H](O[C@@H]3OC[C@@H](O)[C@H](O)[C@H]3O)C(C)(C)[C@@H]2CC[C@]14C.